The van der Waals surface area contributed by atoms with Crippen LogP contribution in [0, 0.1) is 0 Å². The Bertz CT molecular complexity index is 887. The predicted octanol–water partition coefficient (Wildman–Crippen LogP) is 2.19. The lowest BCUT2D eigenvalue weighted by Gasteiger charge is -2.62. The van der Waals surface area contributed by atoms with E-state index in [9.17, 15) is 14.7 Å². The molecular weight excluding hydrogens is 342 g/mol. The van der Waals surface area contributed by atoms with Crippen molar-refractivity contribution in [2.24, 2.45) is 0 Å². The molecule has 1 aromatic carbocycles. The second-order valence-electron chi connectivity index (χ2n) is 8.74. The minimum atomic E-state index is -1.00. The van der Waals surface area contributed by atoms with Crippen molar-refractivity contribution in [1.82, 2.24) is 4.90 Å². The number of hydrogen-bond donors (Lipinski definition) is 1. The standard InChI is InChI=1S/C22H25NO4/c1-13(2)6-9-23-10-8-21-18-14-3-4-15(12-24)19(18)27-20(21)16(25)5-7-22(21,26)17(23)11-14/h3-4,6,12,17,20,26H,5,7-11H2,1-2H3. The highest BCUT2D eigenvalue weighted by Gasteiger charge is 2.72. The maximum Gasteiger partial charge on any atom is 0.174 e. The number of rotatable bonds is 3. The van der Waals surface area contributed by atoms with Crippen LogP contribution in [0.5, 0.6) is 5.75 Å². The average Bonchev–Trinajstić information content (AvgIpc) is 2.99. The number of allylic oxidation sites excluding steroid dienone is 1. The molecule has 1 N–H and O–H groups in total. The minimum Gasteiger partial charge on any atom is -0.481 e. The third-order valence-corrected chi connectivity index (χ3v) is 7.28. The van der Waals surface area contributed by atoms with Crippen LogP contribution >= 0.6 is 0 Å². The van der Waals surface area contributed by atoms with E-state index in [1.165, 1.54) is 5.57 Å². The summed E-state index contributed by atoms with van der Waals surface area (Å²) in [7, 11) is 0. The molecule has 2 heterocycles. The van der Waals surface area contributed by atoms with Crippen LogP contribution in [-0.2, 0) is 16.6 Å². The molecule has 2 aliphatic heterocycles. The maximum atomic E-state index is 12.8. The molecule has 2 fully saturated rings. The number of aldehydes is 1. The first-order valence-electron chi connectivity index (χ1n) is 9.83. The van der Waals surface area contributed by atoms with Gasteiger partial charge in [-0.25, -0.2) is 0 Å². The zero-order valence-corrected chi connectivity index (χ0v) is 15.8. The lowest BCUT2D eigenvalue weighted by atomic mass is 9.49. The summed E-state index contributed by atoms with van der Waals surface area (Å²) in [4.78, 5) is 26.7. The fraction of sp³-hybridized carbons (Fsp3) is 0.545. The molecule has 27 heavy (non-hydrogen) atoms. The third-order valence-electron chi connectivity index (χ3n) is 7.28. The highest BCUT2D eigenvalue weighted by Crippen LogP contribution is 2.63. The number of likely N-dealkylation sites (tertiary alicyclic amines) is 1. The fourth-order valence-electron chi connectivity index (χ4n) is 6.06. The summed E-state index contributed by atoms with van der Waals surface area (Å²) >= 11 is 0. The zero-order valence-electron chi connectivity index (χ0n) is 15.8. The topological polar surface area (TPSA) is 66.8 Å². The Kier molecular flexibility index (Phi) is 3.50. The molecule has 5 nitrogen and oxygen atoms in total. The molecule has 1 saturated heterocycles. The van der Waals surface area contributed by atoms with E-state index in [0.29, 0.717) is 30.6 Å². The highest BCUT2D eigenvalue weighted by molar-refractivity contribution is 5.91. The number of ether oxygens (including phenoxy) is 1. The van der Waals surface area contributed by atoms with E-state index in [-0.39, 0.29) is 11.8 Å². The SMILES string of the molecule is CC(C)=CCN1CCC23c4c5ccc(C=O)c4OC2C(=O)CCC3(O)C1C5. The monoisotopic (exact) mass is 367 g/mol. The quantitative estimate of drug-likeness (QED) is 0.655. The molecule has 0 aromatic heterocycles. The number of hydrogen-bond acceptors (Lipinski definition) is 5. The first kappa shape index (κ1) is 17.1. The van der Waals surface area contributed by atoms with Crippen molar-refractivity contribution in [3.05, 3.63) is 40.5 Å². The van der Waals surface area contributed by atoms with Gasteiger partial charge in [0.05, 0.1) is 16.6 Å². The molecule has 2 aliphatic carbocycles. The van der Waals surface area contributed by atoms with Gasteiger partial charge in [0.2, 0.25) is 0 Å². The third kappa shape index (κ3) is 1.96. The van der Waals surface area contributed by atoms with Gasteiger partial charge < -0.3 is 9.84 Å². The van der Waals surface area contributed by atoms with Gasteiger partial charge in [-0.05, 0) is 44.7 Å². The first-order valence-corrected chi connectivity index (χ1v) is 9.83. The van der Waals surface area contributed by atoms with Crippen LogP contribution in [0.25, 0.3) is 0 Å². The molecule has 0 amide bonds. The Morgan fingerprint density at radius 2 is 2.19 bits per heavy atom. The number of ketones is 1. The Balaban J connectivity index is 1.72. The molecule has 4 unspecified atom stereocenters. The van der Waals surface area contributed by atoms with E-state index in [2.05, 4.69) is 24.8 Å². The van der Waals surface area contributed by atoms with Crippen LogP contribution in [-0.4, -0.2) is 52.9 Å². The molecule has 4 atom stereocenters. The minimum absolute atomic E-state index is 0.0402. The second-order valence-corrected chi connectivity index (χ2v) is 8.74. The van der Waals surface area contributed by atoms with Crippen LogP contribution in [0.1, 0.15) is 54.6 Å². The molecule has 1 saturated carbocycles. The molecular formula is C22H25NO4. The molecule has 0 radical (unpaired) electrons. The number of aliphatic hydroxyl groups is 1. The summed E-state index contributed by atoms with van der Waals surface area (Å²) in [6.07, 6.45) is 4.52. The van der Waals surface area contributed by atoms with E-state index in [1.54, 1.807) is 6.07 Å². The van der Waals surface area contributed by atoms with E-state index < -0.39 is 17.1 Å². The van der Waals surface area contributed by atoms with Gasteiger partial charge in [-0.15, -0.1) is 0 Å². The van der Waals surface area contributed by atoms with Crippen LogP contribution in [0.4, 0.5) is 0 Å². The number of carbonyl (C=O) groups excluding carboxylic acids is 2. The molecule has 4 aliphatic rings. The number of benzene rings is 1. The normalized spacial score (nSPS) is 36.0. The average molecular weight is 367 g/mol. The largest absolute Gasteiger partial charge is 0.481 e. The van der Waals surface area contributed by atoms with Crippen LogP contribution < -0.4 is 4.74 Å². The summed E-state index contributed by atoms with van der Waals surface area (Å²) < 4.78 is 6.14. The van der Waals surface area contributed by atoms with Gasteiger partial charge >= 0.3 is 0 Å². The number of nitrogens with zero attached hydrogens (tertiary/aromatic N) is 1. The van der Waals surface area contributed by atoms with Gasteiger partial charge in [0.1, 0.15) is 5.75 Å². The summed E-state index contributed by atoms with van der Waals surface area (Å²) in [6, 6.07) is 3.74. The molecule has 2 bridgehead atoms. The van der Waals surface area contributed by atoms with Gasteiger partial charge in [0.15, 0.2) is 18.2 Å². The van der Waals surface area contributed by atoms with E-state index in [4.69, 9.17) is 4.74 Å². The van der Waals surface area contributed by atoms with E-state index >= 15 is 0 Å². The number of carbonyl (C=O) groups is 2. The fourth-order valence-corrected chi connectivity index (χ4v) is 6.06. The zero-order chi connectivity index (χ0) is 19.0. The van der Waals surface area contributed by atoms with Gasteiger partial charge in [0.25, 0.3) is 0 Å². The van der Waals surface area contributed by atoms with Gasteiger partial charge in [0, 0.05) is 31.1 Å². The number of Topliss-reactive ketones (excluding diaryl/α,β-unsaturated/α-hetero) is 1. The lowest BCUT2D eigenvalue weighted by molar-refractivity contribution is -0.187. The molecule has 142 valence electrons. The summed E-state index contributed by atoms with van der Waals surface area (Å²) in [5, 5.41) is 12.0. The molecule has 1 aromatic rings. The van der Waals surface area contributed by atoms with Crippen molar-refractivity contribution in [1.29, 1.82) is 0 Å². The van der Waals surface area contributed by atoms with E-state index in [1.807, 2.05) is 6.07 Å². The van der Waals surface area contributed by atoms with Crippen molar-refractivity contribution in [2.45, 2.75) is 62.7 Å². The van der Waals surface area contributed by atoms with Crippen molar-refractivity contribution in [3.8, 4) is 5.75 Å². The Hall–Kier alpha value is -1.98. The summed E-state index contributed by atoms with van der Waals surface area (Å²) in [5.74, 6) is 0.592. The van der Waals surface area contributed by atoms with Crippen molar-refractivity contribution < 1.29 is 19.4 Å². The van der Waals surface area contributed by atoms with Gasteiger partial charge in [-0.1, -0.05) is 17.7 Å². The molecule has 5 heteroatoms. The van der Waals surface area contributed by atoms with Crippen molar-refractivity contribution in [3.63, 3.8) is 0 Å². The second kappa shape index (κ2) is 5.52. The number of piperidine rings is 1. The van der Waals surface area contributed by atoms with E-state index in [0.717, 1.165) is 36.9 Å². The highest BCUT2D eigenvalue weighted by atomic mass is 16.5. The van der Waals surface area contributed by atoms with Gasteiger partial charge in [-0.3, -0.25) is 14.5 Å². The van der Waals surface area contributed by atoms with Crippen LogP contribution in [0.2, 0.25) is 0 Å². The van der Waals surface area contributed by atoms with Crippen LogP contribution in [0.15, 0.2) is 23.8 Å². The van der Waals surface area contributed by atoms with Gasteiger partial charge in [-0.2, -0.15) is 0 Å². The summed E-state index contributed by atoms with van der Waals surface area (Å²) in [6.45, 7) is 5.79. The van der Waals surface area contributed by atoms with Crippen LogP contribution in [0.3, 0.4) is 0 Å². The molecule has 5 rings (SSSR count). The maximum absolute atomic E-state index is 12.8. The Morgan fingerprint density at radius 1 is 1.37 bits per heavy atom. The van der Waals surface area contributed by atoms with Crippen molar-refractivity contribution in [2.75, 3.05) is 13.1 Å². The molecule has 1 spiro atoms. The predicted molar refractivity (Wildman–Crippen MR) is 100 cm³/mol. The smallest absolute Gasteiger partial charge is 0.174 e. The first-order chi connectivity index (χ1) is 12.9. The lowest BCUT2D eigenvalue weighted by Crippen LogP contribution is -2.76. The Labute approximate surface area is 159 Å². The summed E-state index contributed by atoms with van der Waals surface area (Å²) in [5.41, 5.74) is 2.08. The Morgan fingerprint density at radius 3 is 2.93 bits per heavy atom. The van der Waals surface area contributed by atoms with Crippen molar-refractivity contribution >= 4 is 12.1 Å².